The van der Waals surface area contributed by atoms with Crippen LogP contribution >= 0.6 is 11.6 Å². The van der Waals surface area contributed by atoms with Crippen molar-refractivity contribution in [3.8, 4) is 28.4 Å². The van der Waals surface area contributed by atoms with Gasteiger partial charge < -0.3 is 24.8 Å². The van der Waals surface area contributed by atoms with Crippen LogP contribution in [0.5, 0.6) is 17.2 Å². The van der Waals surface area contributed by atoms with Crippen molar-refractivity contribution in [2.75, 3.05) is 31.4 Å². The molecule has 0 aliphatic carbocycles. The largest absolute Gasteiger partial charge is 0.496 e. The van der Waals surface area contributed by atoms with Gasteiger partial charge >= 0.3 is 5.97 Å². The van der Waals surface area contributed by atoms with Crippen molar-refractivity contribution in [3.63, 3.8) is 0 Å². The van der Waals surface area contributed by atoms with E-state index in [0.717, 1.165) is 39.4 Å². The summed E-state index contributed by atoms with van der Waals surface area (Å²) in [5, 5.41) is 7.49. The van der Waals surface area contributed by atoms with Gasteiger partial charge in [-0.05, 0) is 73.5 Å². The normalized spacial score (nSPS) is 13.4. The van der Waals surface area contributed by atoms with E-state index in [9.17, 15) is 4.79 Å². The van der Waals surface area contributed by atoms with Crippen molar-refractivity contribution in [1.82, 2.24) is 0 Å². The maximum atomic E-state index is 12.7. The fraction of sp³-hybridized carbons (Fsp3) is 0.182. The number of hydrogen-bond donors (Lipinski definition) is 2. The van der Waals surface area contributed by atoms with Crippen LogP contribution in [0.25, 0.3) is 16.7 Å². The highest BCUT2D eigenvalue weighted by atomic mass is 35.5. The number of ether oxygens (including phenoxy) is 3. The predicted octanol–water partition coefficient (Wildman–Crippen LogP) is 7.94. The molecule has 0 fully saturated rings. The Kier molecular flexibility index (Phi) is 7.71. The highest BCUT2D eigenvalue weighted by Crippen LogP contribution is 2.40. The first-order valence-corrected chi connectivity index (χ1v) is 13.3. The van der Waals surface area contributed by atoms with Crippen molar-refractivity contribution in [3.05, 3.63) is 107 Å². The second kappa shape index (κ2) is 11.4. The number of anilines is 2. The third kappa shape index (κ3) is 5.77. The molecular weight excluding hydrogens is 524 g/mol. The number of fused-ring (bicyclic) bond motifs is 1. The van der Waals surface area contributed by atoms with Gasteiger partial charge in [0.2, 0.25) is 0 Å². The van der Waals surface area contributed by atoms with E-state index in [1.54, 1.807) is 50.6 Å². The molecule has 0 saturated heterocycles. The molecule has 6 nitrogen and oxygen atoms in total. The lowest BCUT2D eigenvalue weighted by Crippen LogP contribution is -2.32. The zero-order valence-electron chi connectivity index (χ0n) is 22.9. The number of nitrogens with one attached hydrogen (secondary N) is 2. The molecule has 0 saturated carbocycles. The van der Waals surface area contributed by atoms with E-state index in [4.69, 9.17) is 25.8 Å². The van der Waals surface area contributed by atoms with Crippen molar-refractivity contribution < 1.29 is 19.0 Å². The maximum Gasteiger partial charge on any atom is 0.345 e. The number of rotatable bonds is 8. The topological polar surface area (TPSA) is 68.8 Å². The summed E-state index contributed by atoms with van der Waals surface area (Å²) < 4.78 is 16.8. The van der Waals surface area contributed by atoms with Crippen LogP contribution in [-0.2, 0) is 0 Å². The molecule has 0 spiro atoms. The first kappa shape index (κ1) is 27.2. The molecule has 2 N–H and O–H groups in total. The van der Waals surface area contributed by atoms with Crippen LogP contribution in [0.1, 0.15) is 29.8 Å². The number of benzene rings is 4. The van der Waals surface area contributed by atoms with Crippen molar-refractivity contribution in [2.45, 2.75) is 19.4 Å². The average molecular weight is 555 g/mol. The third-order valence-corrected chi connectivity index (χ3v) is 7.05. The minimum Gasteiger partial charge on any atom is -0.496 e. The van der Waals surface area contributed by atoms with Gasteiger partial charge in [0.15, 0.2) is 0 Å². The molecule has 7 heteroatoms. The quantitative estimate of drug-likeness (QED) is 0.170. The van der Waals surface area contributed by atoms with Gasteiger partial charge in [-0.3, -0.25) is 0 Å². The molecule has 0 radical (unpaired) electrons. The Morgan fingerprint density at radius 3 is 2.40 bits per heavy atom. The Morgan fingerprint density at radius 2 is 1.62 bits per heavy atom. The molecule has 0 atom stereocenters. The maximum absolute atomic E-state index is 12.7. The molecule has 4 aromatic rings. The van der Waals surface area contributed by atoms with E-state index in [1.807, 2.05) is 30.3 Å². The van der Waals surface area contributed by atoms with E-state index in [0.29, 0.717) is 28.6 Å². The predicted molar refractivity (Wildman–Crippen MR) is 162 cm³/mol. The molecule has 0 aromatic heterocycles. The van der Waals surface area contributed by atoms with Crippen LogP contribution in [0.3, 0.4) is 0 Å². The fourth-order valence-corrected chi connectivity index (χ4v) is 5.09. The molecular formula is C33H31ClN2O4. The Labute approximate surface area is 239 Å². The van der Waals surface area contributed by atoms with Gasteiger partial charge in [0.1, 0.15) is 17.2 Å². The molecule has 4 aromatic carbocycles. The fourth-order valence-electron chi connectivity index (χ4n) is 4.87. The van der Waals surface area contributed by atoms with Gasteiger partial charge in [-0.1, -0.05) is 48.0 Å². The van der Waals surface area contributed by atoms with E-state index < -0.39 is 5.97 Å². The molecule has 1 aliphatic heterocycles. The van der Waals surface area contributed by atoms with E-state index in [2.05, 4.69) is 48.8 Å². The summed E-state index contributed by atoms with van der Waals surface area (Å²) in [6.45, 7) is 4.92. The van der Waals surface area contributed by atoms with Crippen molar-refractivity contribution in [1.29, 1.82) is 0 Å². The molecule has 1 aliphatic rings. The van der Waals surface area contributed by atoms with Gasteiger partial charge in [-0.25, -0.2) is 4.79 Å². The number of hydrogen-bond acceptors (Lipinski definition) is 6. The standard InChI is InChI=1S/C33H31ClN2O4/c1-33(2)19-22(20-35-29-11-7-8-12-30(29)38-3)26-17-21(13-16-28(26)36-33)24-15-14-23(18-31(24)39-4)40-32(37)25-9-5-6-10-27(25)34/h5-19,35-36H,20H2,1-4H3. The summed E-state index contributed by atoms with van der Waals surface area (Å²) in [4.78, 5) is 12.7. The van der Waals surface area contributed by atoms with E-state index >= 15 is 0 Å². The molecule has 204 valence electrons. The van der Waals surface area contributed by atoms with Crippen LogP contribution in [0.4, 0.5) is 11.4 Å². The van der Waals surface area contributed by atoms with E-state index in [1.165, 1.54) is 0 Å². The summed E-state index contributed by atoms with van der Waals surface area (Å²) in [7, 11) is 3.27. The number of carbonyl (C=O) groups is 1. The minimum absolute atomic E-state index is 0.211. The van der Waals surface area contributed by atoms with Crippen LogP contribution < -0.4 is 24.8 Å². The zero-order valence-corrected chi connectivity index (χ0v) is 23.6. The molecule has 40 heavy (non-hydrogen) atoms. The summed E-state index contributed by atoms with van der Waals surface area (Å²) >= 11 is 6.16. The Balaban J connectivity index is 1.43. The van der Waals surface area contributed by atoms with Crippen molar-refractivity contribution >= 4 is 34.5 Å². The number of halogens is 1. The highest BCUT2D eigenvalue weighted by Gasteiger charge is 2.25. The second-order valence-electron chi connectivity index (χ2n) is 10.1. The number of carbonyl (C=O) groups excluding carboxylic acids is 1. The monoisotopic (exact) mass is 554 g/mol. The molecule has 0 amide bonds. The third-order valence-electron chi connectivity index (χ3n) is 6.72. The van der Waals surface area contributed by atoms with Gasteiger partial charge in [0, 0.05) is 29.4 Å². The van der Waals surface area contributed by atoms with Gasteiger partial charge in [0.25, 0.3) is 0 Å². The molecule has 1 heterocycles. The number of esters is 1. The van der Waals surface area contributed by atoms with Crippen molar-refractivity contribution in [2.24, 2.45) is 0 Å². The zero-order chi connectivity index (χ0) is 28.3. The number of methoxy groups -OCH3 is 2. The SMILES string of the molecule is COc1ccccc1NCC1=CC(C)(C)Nc2ccc(-c3ccc(OC(=O)c4ccccc4Cl)cc3OC)cc21. The lowest BCUT2D eigenvalue weighted by Gasteiger charge is -2.33. The summed E-state index contributed by atoms with van der Waals surface area (Å²) in [6.07, 6.45) is 2.25. The van der Waals surface area contributed by atoms with Crippen LogP contribution in [0.2, 0.25) is 5.02 Å². The Hall–Kier alpha value is -4.42. The molecule has 0 unspecified atom stereocenters. The molecule has 5 rings (SSSR count). The smallest absolute Gasteiger partial charge is 0.345 e. The first-order valence-electron chi connectivity index (χ1n) is 12.9. The lowest BCUT2D eigenvalue weighted by atomic mass is 9.88. The Bertz CT molecular complexity index is 1600. The summed E-state index contributed by atoms with van der Waals surface area (Å²) in [5.41, 5.74) is 6.19. The van der Waals surface area contributed by atoms with Gasteiger partial charge in [-0.15, -0.1) is 0 Å². The molecule has 0 bridgehead atoms. The number of para-hydroxylation sites is 2. The second-order valence-corrected chi connectivity index (χ2v) is 10.5. The summed E-state index contributed by atoms with van der Waals surface area (Å²) in [6, 6.07) is 26.4. The van der Waals surface area contributed by atoms with E-state index in [-0.39, 0.29) is 5.54 Å². The summed E-state index contributed by atoms with van der Waals surface area (Å²) in [5.74, 6) is 1.23. The average Bonchev–Trinajstić information content (AvgIpc) is 2.95. The van der Waals surface area contributed by atoms with Gasteiger partial charge in [-0.2, -0.15) is 0 Å². The lowest BCUT2D eigenvalue weighted by molar-refractivity contribution is 0.0734. The van der Waals surface area contributed by atoms with Gasteiger partial charge in [0.05, 0.1) is 36.0 Å². The van der Waals surface area contributed by atoms with Crippen LogP contribution in [0, 0.1) is 0 Å². The Morgan fingerprint density at radius 1 is 0.875 bits per heavy atom. The minimum atomic E-state index is -0.528. The van der Waals surface area contributed by atoms with Crippen LogP contribution in [0.15, 0.2) is 91.0 Å². The first-order chi connectivity index (χ1) is 19.3. The van der Waals surface area contributed by atoms with Crippen LogP contribution in [-0.4, -0.2) is 32.3 Å². The highest BCUT2D eigenvalue weighted by molar-refractivity contribution is 6.33.